The maximum Gasteiger partial charge on any atom is 0.252 e. The van der Waals surface area contributed by atoms with Crippen LogP contribution in [0.1, 0.15) is 109 Å². The number of amides is 8. The monoisotopic (exact) mass is 1450 g/mol. The lowest BCUT2D eigenvalue weighted by Gasteiger charge is -2.10. The van der Waals surface area contributed by atoms with Crippen molar-refractivity contribution in [2.75, 3.05) is 54.6 Å². The number of carbonyl (C=O) groups excluding carboxylic acids is 12. The molecule has 0 saturated heterocycles. The van der Waals surface area contributed by atoms with Gasteiger partial charge in [-0.1, -0.05) is 48.5 Å². The third-order valence-electron chi connectivity index (χ3n) is 13.1. The Morgan fingerprint density at radius 3 is 1.10 bits per heavy atom. The van der Waals surface area contributed by atoms with E-state index in [1.165, 1.54) is 45.9 Å². The highest BCUT2D eigenvalue weighted by molar-refractivity contribution is 8.15. The zero-order valence-electron chi connectivity index (χ0n) is 54.8. The Hall–Kier alpha value is -11.3. The van der Waals surface area contributed by atoms with Crippen molar-refractivity contribution < 1.29 is 80.9 Å². The molecule has 0 fully saturated rings. The summed E-state index contributed by atoms with van der Waals surface area (Å²) < 4.78 is 34.0. The van der Waals surface area contributed by atoms with E-state index in [0.29, 0.717) is 81.5 Å². The molecule has 25 nitrogen and oxygen atoms in total. The molecule has 101 heavy (non-hydrogen) atoms. The van der Waals surface area contributed by atoms with Gasteiger partial charge in [-0.2, -0.15) is 0 Å². The van der Waals surface area contributed by atoms with Gasteiger partial charge in [-0.25, -0.2) is 4.39 Å². The molecule has 30 heteroatoms. The van der Waals surface area contributed by atoms with Crippen molar-refractivity contribution >= 4 is 115 Å². The number of hydrogen-bond donors (Lipinski definition) is 8. The minimum Gasteiger partial charge on any atom is -0.497 e. The molecule has 8 aromatic rings. The Bertz CT molecular complexity index is 4250. The molecule has 8 rings (SSSR count). The fourth-order valence-electron chi connectivity index (χ4n) is 8.10. The fraction of sp³-hybridized carbons (Fsp3) is 0.169. The number of benzene rings is 7. The van der Waals surface area contributed by atoms with Gasteiger partial charge in [-0.15, -0.1) is 0 Å². The minimum absolute atomic E-state index is 0.0155. The molecule has 0 radical (unpaired) electrons. The number of nitrogens with zero attached hydrogens (tertiary/aromatic N) is 1. The fourth-order valence-corrected chi connectivity index (χ4v) is 11.5. The summed E-state index contributed by atoms with van der Waals surface area (Å²) in [5, 5.41) is 9.36. The second-order valence-corrected chi connectivity index (χ2v) is 24.4. The number of thioether (sulfide) groups is 4. The third-order valence-corrected chi connectivity index (χ3v) is 17.1. The van der Waals surface area contributed by atoms with Crippen LogP contribution in [-0.2, 0) is 19.2 Å². The molecule has 0 spiro atoms. The number of primary amides is 4. The number of nitrogens with one attached hydrogen (secondary N) is 4. The first kappa shape index (κ1) is 80.3. The molecular formula is C71H70FN9O16S4. The Labute approximate surface area is 596 Å². The van der Waals surface area contributed by atoms with Crippen molar-refractivity contribution in [1.82, 2.24) is 26.3 Å². The number of pyridine rings is 1. The topological polar surface area (TPSA) is 407 Å². The first-order chi connectivity index (χ1) is 48.4. The molecule has 0 bridgehead atoms. The van der Waals surface area contributed by atoms with Gasteiger partial charge in [0.05, 0.1) is 50.7 Å². The SMILES string of the molecule is COc1cc(OC)cc(C(=O)Sc2ccccc2C(=O)NCCC(N)=O)c1.COc1ccc(C(=O)Sc2ccccc2C(=O)NCCC(N)=O)cc1.COc1cccc(C(=O)Sc2ccccc2C(=O)NCCC(N)=O)c1.NC(=O)CCNC(=O)c1cc(F)ccc1SC(=O)c1cccnc1. The molecule has 1 heterocycles. The molecule has 7 aromatic carbocycles. The smallest absolute Gasteiger partial charge is 0.252 e. The predicted molar refractivity (Wildman–Crippen MR) is 381 cm³/mol. The highest BCUT2D eigenvalue weighted by Crippen LogP contribution is 2.33. The van der Waals surface area contributed by atoms with Crippen molar-refractivity contribution in [2.45, 2.75) is 45.3 Å². The number of aromatic nitrogens is 1. The third kappa shape index (κ3) is 27.8. The van der Waals surface area contributed by atoms with Crippen LogP contribution in [0.4, 0.5) is 4.39 Å². The highest BCUT2D eigenvalue weighted by atomic mass is 32.2. The highest BCUT2D eigenvalue weighted by Gasteiger charge is 2.22. The summed E-state index contributed by atoms with van der Waals surface area (Å²) in [7, 11) is 6.09. The summed E-state index contributed by atoms with van der Waals surface area (Å²) in [6, 6.07) is 45.5. The normalized spacial score (nSPS) is 10.1. The lowest BCUT2D eigenvalue weighted by Crippen LogP contribution is -2.28. The Morgan fingerprint density at radius 2 is 0.703 bits per heavy atom. The second kappa shape index (κ2) is 42.5. The van der Waals surface area contributed by atoms with Gasteiger partial charge in [0.15, 0.2) is 0 Å². The zero-order valence-corrected chi connectivity index (χ0v) is 58.0. The lowest BCUT2D eigenvalue weighted by atomic mass is 10.2. The summed E-state index contributed by atoms with van der Waals surface area (Å²) in [5.41, 5.74) is 23.0. The van der Waals surface area contributed by atoms with E-state index in [9.17, 15) is 61.9 Å². The van der Waals surface area contributed by atoms with Gasteiger partial charge in [-0.3, -0.25) is 62.5 Å². The molecule has 0 saturated carbocycles. The van der Waals surface area contributed by atoms with Gasteiger partial charge in [0.2, 0.25) is 44.1 Å². The summed E-state index contributed by atoms with van der Waals surface area (Å²) in [4.78, 5) is 148. The van der Waals surface area contributed by atoms with Crippen LogP contribution in [-0.4, -0.2) is 127 Å². The number of methoxy groups -OCH3 is 4. The molecule has 1 aromatic heterocycles. The molecule has 0 unspecified atom stereocenters. The average molecular weight is 1450 g/mol. The van der Waals surface area contributed by atoms with E-state index in [2.05, 4.69) is 26.3 Å². The first-order valence-electron chi connectivity index (χ1n) is 30.1. The molecule has 0 atom stereocenters. The molecule has 0 aliphatic heterocycles. The molecule has 0 aliphatic rings. The van der Waals surface area contributed by atoms with Gasteiger partial charge in [0.1, 0.15) is 28.8 Å². The Kier molecular flexibility index (Phi) is 33.8. The number of nitrogens with two attached hydrogens (primary N) is 4. The van der Waals surface area contributed by atoms with Crippen LogP contribution in [0.2, 0.25) is 0 Å². The zero-order chi connectivity index (χ0) is 73.8. The van der Waals surface area contributed by atoms with E-state index in [1.54, 1.807) is 159 Å². The molecule has 12 N–H and O–H groups in total. The number of carbonyl (C=O) groups is 12. The summed E-state index contributed by atoms with van der Waals surface area (Å²) in [6.07, 6.45) is 3.08. The maximum absolute atomic E-state index is 13.5. The van der Waals surface area contributed by atoms with Gasteiger partial charge < -0.3 is 63.1 Å². The van der Waals surface area contributed by atoms with Gasteiger partial charge in [0.25, 0.3) is 23.6 Å². The average Bonchev–Trinajstić information content (AvgIpc) is 0.861. The number of ether oxygens (including phenoxy) is 4. The molecule has 0 aliphatic carbocycles. The van der Waals surface area contributed by atoms with E-state index < -0.39 is 35.4 Å². The van der Waals surface area contributed by atoms with Crippen LogP contribution in [0.3, 0.4) is 0 Å². The standard InChI is InChI=1S/C19H20N2O5S.2C18H18N2O4S.C16H14FN3O3S/c1-25-13-9-12(10-14(11-13)26-2)19(24)27-16-6-4-3-5-15(16)18(23)21-8-7-17(20)22;1-24-13-6-4-5-12(11-13)18(23)25-15-8-3-2-7-14(15)17(22)20-10-9-16(19)21;1-24-13-8-6-12(7-9-13)18(23)25-15-5-3-2-4-14(15)17(22)20-11-10-16(19)21;17-11-3-4-13(24-16(23)10-2-1-6-19-9-10)12(8-11)15(22)20-7-5-14(18)21/h3-6,9-11H,7-8H2,1-2H3,(H2,20,22)(H,21,23);2-8,11H,9-10H2,1H3,(H2,19,21)(H,20,22);2-9H,10-11H2,1H3,(H2,19,21)(H,20,22);1-4,6,8-9H,5,7H2,(H2,18,21)(H,20,22). The van der Waals surface area contributed by atoms with E-state index in [-0.39, 0.29) is 95.6 Å². The Balaban J connectivity index is 0.000000243. The van der Waals surface area contributed by atoms with Gasteiger partial charge in [-0.05, 0) is 162 Å². The van der Waals surface area contributed by atoms with Crippen LogP contribution in [0.25, 0.3) is 0 Å². The first-order valence-corrected chi connectivity index (χ1v) is 33.3. The van der Waals surface area contributed by atoms with Crippen LogP contribution in [0, 0.1) is 5.82 Å². The van der Waals surface area contributed by atoms with Crippen molar-refractivity contribution in [3.05, 3.63) is 233 Å². The van der Waals surface area contributed by atoms with Crippen molar-refractivity contribution in [3.8, 4) is 23.0 Å². The van der Waals surface area contributed by atoms with Crippen LogP contribution < -0.4 is 63.1 Å². The predicted octanol–water partition coefficient (Wildman–Crippen LogP) is 8.47. The number of hydrogen-bond acceptors (Lipinski definition) is 21. The minimum atomic E-state index is -0.603. The quantitative estimate of drug-likeness (QED) is 0.0213. The van der Waals surface area contributed by atoms with Crippen LogP contribution in [0.15, 0.2) is 202 Å². The van der Waals surface area contributed by atoms with Crippen molar-refractivity contribution in [3.63, 3.8) is 0 Å². The lowest BCUT2D eigenvalue weighted by molar-refractivity contribution is -0.118. The maximum atomic E-state index is 13.5. The van der Waals surface area contributed by atoms with Crippen molar-refractivity contribution in [2.24, 2.45) is 22.9 Å². The Morgan fingerprint density at radius 1 is 0.347 bits per heavy atom. The summed E-state index contributed by atoms with van der Waals surface area (Å²) >= 11 is 3.67. The second-order valence-electron chi connectivity index (χ2n) is 20.4. The van der Waals surface area contributed by atoms with E-state index in [4.69, 9.17) is 41.9 Å². The van der Waals surface area contributed by atoms with E-state index >= 15 is 0 Å². The van der Waals surface area contributed by atoms with Gasteiger partial charge >= 0.3 is 0 Å². The molecule has 8 amide bonds. The van der Waals surface area contributed by atoms with Gasteiger partial charge in [0, 0.05) is 112 Å². The molecular weight excluding hydrogens is 1380 g/mol. The van der Waals surface area contributed by atoms with E-state index in [1.807, 2.05) is 0 Å². The number of halogens is 1. The van der Waals surface area contributed by atoms with Crippen LogP contribution in [0.5, 0.6) is 23.0 Å². The molecule has 526 valence electrons. The summed E-state index contributed by atoms with van der Waals surface area (Å²) in [6.45, 7) is 0.468. The van der Waals surface area contributed by atoms with Crippen molar-refractivity contribution in [1.29, 1.82) is 0 Å². The number of rotatable bonds is 28. The largest absolute Gasteiger partial charge is 0.497 e. The van der Waals surface area contributed by atoms with Crippen LogP contribution >= 0.6 is 47.0 Å². The summed E-state index contributed by atoms with van der Waals surface area (Å²) in [5.74, 6) is -2.08. The van der Waals surface area contributed by atoms with E-state index in [0.717, 1.165) is 53.1 Å².